The highest BCUT2D eigenvalue weighted by molar-refractivity contribution is 9.10. The lowest BCUT2D eigenvalue weighted by Crippen LogP contribution is -2.44. The van der Waals surface area contributed by atoms with E-state index in [9.17, 15) is 8.42 Å². The average molecular weight is 375 g/mol. The summed E-state index contributed by atoms with van der Waals surface area (Å²) in [6, 6.07) is 6.81. The highest BCUT2D eigenvalue weighted by Gasteiger charge is 2.24. The molecule has 0 aromatic heterocycles. The number of rotatable bonds is 6. The Balaban J connectivity index is 1.89. The standard InChI is InChI=1S/C15H23BrN2O2S/c1-2-3-10-18-11-8-14(9-12-18)17-21(19,20)15-6-4-13(16)5-7-15/h4-7,14,17H,2-3,8-12H2,1H3. The van der Waals surface area contributed by atoms with Gasteiger partial charge >= 0.3 is 0 Å². The van der Waals surface area contributed by atoms with Gasteiger partial charge in [0.2, 0.25) is 10.0 Å². The third kappa shape index (κ3) is 5.06. The van der Waals surface area contributed by atoms with Gasteiger partial charge in [0.15, 0.2) is 0 Å². The minimum Gasteiger partial charge on any atom is -0.303 e. The van der Waals surface area contributed by atoms with Crippen molar-refractivity contribution < 1.29 is 8.42 Å². The Kier molecular flexibility index (Phi) is 6.22. The molecule has 118 valence electrons. The number of benzene rings is 1. The number of piperidine rings is 1. The van der Waals surface area contributed by atoms with Gasteiger partial charge in [-0.25, -0.2) is 13.1 Å². The second-order valence-electron chi connectivity index (χ2n) is 5.54. The summed E-state index contributed by atoms with van der Waals surface area (Å²) >= 11 is 3.32. The first kappa shape index (κ1) is 16.9. The van der Waals surface area contributed by atoms with Crippen LogP contribution in [0, 0.1) is 0 Å². The third-order valence-corrected chi connectivity index (χ3v) is 5.93. The highest BCUT2D eigenvalue weighted by atomic mass is 79.9. The van der Waals surface area contributed by atoms with Gasteiger partial charge in [-0.2, -0.15) is 0 Å². The molecule has 4 nitrogen and oxygen atoms in total. The fraction of sp³-hybridized carbons (Fsp3) is 0.600. The summed E-state index contributed by atoms with van der Waals surface area (Å²) in [5, 5.41) is 0. The predicted octanol–water partition coefficient (Wildman–Crippen LogP) is 2.99. The van der Waals surface area contributed by atoms with E-state index in [4.69, 9.17) is 0 Å². The summed E-state index contributed by atoms with van der Waals surface area (Å²) < 4.78 is 28.4. The van der Waals surface area contributed by atoms with Crippen LogP contribution in [-0.4, -0.2) is 39.0 Å². The summed E-state index contributed by atoms with van der Waals surface area (Å²) in [6.07, 6.45) is 4.20. The van der Waals surface area contributed by atoms with Crippen molar-refractivity contribution in [3.05, 3.63) is 28.7 Å². The molecule has 1 aromatic rings. The minimum absolute atomic E-state index is 0.0523. The second kappa shape index (κ2) is 7.72. The van der Waals surface area contributed by atoms with Crippen LogP contribution < -0.4 is 4.72 Å². The molecule has 21 heavy (non-hydrogen) atoms. The smallest absolute Gasteiger partial charge is 0.240 e. The number of halogens is 1. The highest BCUT2D eigenvalue weighted by Crippen LogP contribution is 2.17. The molecule has 0 aliphatic carbocycles. The molecule has 1 aliphatic heterocycles. The van der Waals surface area contributed by atoms with Crippen LogP contribution in [0.1, 0.15) is 32.6 Å². The molecule has 1 aromatic carbocycles. The van der Waals surface area contributed by atoms with Crippen LogP contribution in [0.4, 0.5) is 0 Å². The number of sulfonamides is 1. The predicted molar refractivity (Wildman–Crippen MR) is 88.8 cm³/mol. The zero-order valence-corrected chi connectivity index (χ0v) is 14.8. The van der Waals surface area contributed by atoms with E-state index in [0.29, 0.717) is 4.90 Å². The van der Waals surface area contributed by atoms with Gasteiger partial charge in [-0.1, -0.05) is 29.3 Å². The van der Waals surface area contributed by atoms with E-state index >= 15 is 0 Å². The van der Waals surface area contributed by atoms with Gasteiger partial charge in [-0.3, -0.25) is 0 Å². The van der Waals surface area contributed by atoms with E-state index in [2.05, 4.69) is 32.5 Å². The molecule has 1 saturated heterocycles. The zero-order valence-electron chi connectivity index (χ0n) is 12.4. The first-order valence-corrected chi connectivity index (χ1v) is 9.79. The van der Waals surface area contributed by atoms with Crippen LogP contribution in [0.5, 0.6) is 0 Å². The lowest BCUT2D eigenvalue weighted by molar-refractivity contribution is 0.205. The van der Waals surface area contributed by atoms with Crippen molar-refractivity contribution in [3.63, 3.8) is 0 Å². The van der Waals surface area contributed by atoms with Crippen LogP contribution in [-0.2, 0) is 10.0 Å². The van der Waals surface area contributed by atoms with Crippen molar-refractivity contribution in [2.45, 2.75) is 43.5 Å². The zero-order chi connectivity index (χ0) is 15.3. The van der Waals surface area contributed by atoms with Crippen LogP contribution in [0.2, 0.25) is 0 Å². The number of nitrogens with one attached hydrogen (secondary N) is 1. The van der Waals surface area contributed by atoms with Crippen molar-refractivity contribution in [1.82, 2.24) is 9.62 Å². The van der Waals surface area contributed by atoms with E-state index in [1.54, 1.807) is 24.3 Å². The molecule has 0 unspecified atom stereocenters. The van der Waals surface area contributed by atoms with Gasteiger partial charge < -0.3 is 4.90 Å². The summed E-state index contributed by atoms with van der Waals surface area (Å²) in [5.41, 5.74) is 0. The Labute approximate surface area is 136 Å². The normalized spacial score (nSPS) is 18.0. The second-order valence-corrected chi connectivity index (χ2v) is 8.17. The number of unbranched alkanes of at least 4 members (excludes halogenated alkanes) is 1. The summed E-state index contributed by atoms with van der Waals surface area (Å²) in [7, 11) is -3.40. The van der Waals surface area contributed by atoms with Gasteiger partial charge in [-0.15, -0.1) is 0 Å². The molecule has 0 bridgehead atoms. The van der Waals surface area contributed by atoms with Crippen molar-refractivity contribution in [3.8, 4) is 0 Å². The fourth-order valence-electron chi connectivity index (χ4n) is 2.56. The first-order valence-electron chi connectivity index (χ1n) is 7.51. The quantitative estimate of drug-likeness (QED) is 0.832. The van der Waals surface area contributed by atoms with Crippen LogP contribution in [0.15, 0.2) is 33.6 Å². The molecule has 0 radical (unpaired) electrons. The van der Waals surface area contributed by atoms with Crippen LogP contribution >= 0.6 is 15.9 Å². The summed E-state index contributed by atoms with van der Waals surface area (Å²) in [6.45, 7) is 5.28. The molecule has 0 amide bonds. The number of nitrogens with zero attached hydrogens (tertiary/aromatic N) is 1. The number of hydrogen-bond donors (Lipinski definition) is 1. The van der Waals surface area contributed by atoms with Gasteiger partial charge in [0.1, 0.15) is 0 Å². The molecule has 1 aliphatic rings. The van der Waals surface area contributed by atoms with E-state index in [-0.39, 0.29) is 6.04 Å². The maximum absolute atomic E-state index is 12.3. The molecular weight excluding hydrogens is 352 g/mol. The Bertz CT molecular complexity index is 537. The molecule has 0 spiro atoms. The molecule has 0 atom stereocenters. The Morgan fingerprint density at radius 1 is 1.24 bits per heavy atom. The maximum atomic E-state index is 12.3. The van der Waals surface area contributed by atoms with Gasteiger partial charge in [0.05, 0.1) is 4.90 Å². The van der Waals surface area contributed by atoms with Crippen molar-refractivity contribution in [1.29, 1.82) is 0 Å². The molecule has 1 fully saturated rings. The van der Waals surface area contributed by atoms with Crippen molar-refractivity contribution in [2.24, 2.45) is 0 Å². The Hall–Kier alpha value is -0.430. The van der Waals surface area contributed by atoms with Crippen LogP contribution in [0.3, 0.4) is 0 Å². The van der Waals surface area contributed by atoms with E-state index in [0.717, 1.165) is 36.9 Å². The molecule has 0 saturated carbocycles. The van der Waals surface area contributed by atoms with E-state index in [1.165, 1.54) is 12.8 Å². The van der Waals surface area contributed by atoms with E-state index in [1.807, 2.05) is 0 Å². The third-order valence-electron chi connectivity index (χ3n) is 3.86. The summed E-state index contributed by atoms with van der Waals surface area (Å²) in [4.78, 5) is 2.76. The molecule has 6 heteroatoms. The Morgan fingerprint density at radius 2 is 1.86 bits per heavy atom. The fourth-order valence-corrected chi connectivity index (χ4v) is 4.13. The SMILES string of the molecule is CCCCN1CCC(NS(=O)(=O)c2ccc(Br)cc2)CC1. The minimum atomic E-state index is -3.40. The van der Waals surface area contributed by atoms with E-state index < -0.39 is 10.0 Å². The number of likely N-dealkylation sites (tertiary alicyclic amines) is 1. The van der Waals surface area contributed by atoms with Crippen molar-refractivity contribution in [2.75, 3.05) is 19.6 Å². The van der Waals surface area contributed by atoms with Gasteiger partial charge in [-0.05, 0) is 63.2 Å². The monoisotopic (exact) mass is 374 g/mol. The average Bonchev–Trinajstić information content (AvgIpc) is 2.47. The maximum Gasteiger partial charge on any atom is 0.240 e. The first-order chi connectivity index (χ1) is 10.0. The molecule has 1 N–H and O–H groups in total. The molecule has 2 rings (SSSR count). The van der Waals surface area contributed by atoms with Crippen LogP contribution in [0.25, 0.3) is 0 Å². The van der Waals surface area contributed by atoms with Gasteiger partial charge in [0, 0.05) is 10.5 Å². The molecule has 1 heterocycles. The number of hydrogen-bond acceptors (Lipinski definition) is 3. The van der Waals surface area contributed by atoms with Crippen molar-refractivity contribution >= 4 is 26.0 Å². The largest absolute Gasteiger partial charge is 0.303 e. The van der Waals surface area contributed by atoms with Gasteiger partial charge in [0.25, 0.3) is 0 Å². The lowest BCUT2D eigenvalue weighted by atomic mass is 10.1. The summed E-state index contributed by atoms with van der Waals surface area (Å²) in [5.74, 6) is 0. The Morgan fingerprint density at radius 3 is 2.43 bits per heavy atom. The topological polar surface area (TPSA) is 49.4 Å². The molecular formula is C15H23BrN2O2S. The lowest BCUT2D eigenvalue weighted by Gasteiger charge is -2.32.